The predicted octanol–water partition coefficient (Wildman–Crippen LogP) is 4.42. The van der Waals surface area contributed by atoms with Crippen molar-refractivity contribution in [2.24, 2.45) is 29.6 Å². The minimum Gasteiger partial charge on any atom is -0.359 e. The van der Waals surface area contributed by atoms with Crippen molar-refractivity contribution in [1.82, 2.24) is 10.2 Å². The van der Waals surface area contributed by atoms with Crippen molar-refractivity contribution in [3.05, 3.63) is 41.4 Å². The van der Waals surface area contributed by atoms with E-state index < -0.39 is 29.6 Å². The second kappa shape index (κ2) is 10.1. The lowest BCUT2D eigenvalue weighted by Gasteiger charge is -2.38. The van der Waals surface area contributed by atoms with Crippen molar-refractivity contribution in [1.29, 1.82) is 0 Å². The number of ether oxygens (including phenoxy) is 1. The standard InChI is InChI=1S/C29H38ClN3O4/c1-16(2)12-14-33-25(27(35)32-21-10-5-7-17(3)18(21)4)29-13-11-22(37-29)23(24(29)28(33)36)26(34)31-20-9-6-8-19(30)15-20/h6,8-9,11,13,15-18,21-25H,5,7,10,12,14H2,1-4H3,(H,31,34)(H,32,35)/t17-,18+,21-,22-,23-,24-,25+,29+/m1/s1. The normalized spacial score (nSPS) is 36.2. The highest BCUT2D eigenvalue weighted by Gasteiger charge is 2.72. The van der Waals surface area contributed by atoms with Gasteiger partial charge in [0.25, 0.3) is 0 Å². The third-order valence-electron chi connectivity index (χ3n) is 9.00. The van der Waals surface area contributed by atoms with Gasteiger partial charge in [-0.15, -0.1) is 0 Å². The molecule has 7 nitrogen and oxygen atoms in total. The van der Waals surface area contributed by atoms with Crippen molar-refractivity contribution in [3.8, 4) is 0 Å². The molecular weight excluding hydrogens is 490 g/mol. The number of hydrogen-bond acceptors (Lipinski definition) is 4. The quantitative estimate of drug-likeness (QED) is 0.514. The molecule has 0 radical (unpaired) electrons. The Balaban J connectivity index is 1.43. The number of fused-ring (bicyclic) bond motifs is 1. The number of rotatable bonds is 7. The lowest BCUT2D eigenvalue weighted by Crippen LogP contribution is -2.58. The van der Waals surface area contributed by atoms with Crippen LogP contribution >= 0.6 is 11.6 Å². The molecule has 1 aromatic rings. The van der Waals surface area contributed by atoms with Crippen LogP contribution in [-0.2, 0) is 19.1 Å². The van der Waals surface area contributed by atoms with Crippen LogP contribution in [0.4, 0.5) is 5.69 Å². The number of nitrogens with one attached hydrogen (secondary N) is 2. The molecule has 3 fully saturated rings. The maximum absolute atomic E-state index is 14.0. The van der Waals surface area contributed by atoms with Gasteiger partial charge in [0, 0.05) is 23.3 Å². The zero-order valence-electron chi connectivity index (χ0n) is 22.1. The van der Waals surface area contributed by atoms with Gasteiger partial charge in [-0.25, -0.2) is 0 Å². The van der Waals surface area contributed by atoms with Crippen LogP contribution in [0.1, 0.15) is 53.4 Å². The Kier molecular flexibility index (Phi) is 7.14. The van der Waals surface area contributed by atoms with Gasteiger partial charge in [-0.05, 0) is 48.8 Å². The molecule has 3 amide bonds. The summed E-state index contributed by atoms with van der Waals surface area (Å²) in [5.74, 6) is -0.850. The summed E-state index contributed by atoms with van der Waals surface area (Å²) in [4.78, 5) is 43.1. The second-order valence-electron chi connectivity index (χ2n) is 11.8. The summed E-state index contributed by atoms with van der Waals surface area (Å²) in [6, 6.07) is 6.21. The first-order valence-corrected chi connectivity index (χ1v) is 14.0. The smallest absolute Gasteiger partial charge is 0.246 e. The van der Waals surface area contributed by atoms with E-state index >= 15 is 0 Å². The van der Waals surface area contributed by atoms with E-state index in [2.05, 4.69) is 38.3 Å². The minimum absolute atomic E-state index is 0.0678. The van der Waals surface area contributed by atoms with Gasteiger partial charge < -0.3 is 20.3 Å². The molecule has 5 rings (SSSR count). The molecule has 3 heterocycles. The fourth-order valence-corrected chi connectivity index (χ4v) is 6.93. The molecule has 37 heavy (non-hydrogen) atoms. The molecule has 0 unspecified atom stereocenters. The topological polar surface area (TPSA) is 87.7 Å². The number of amides is 3. The van der Waals surface area contributed by atoms with Gasteiger partial charge in [-0.2, -0.15) is 0 Å². The monoisotopic (exact) mass is 527 g/mol. The molecular formula is C29H38ClN3O4. The van der Waals surface area contributed by atoms with Crippen molar-refractivity contribution in [2.45, 2.75) is 77.2 Å². The summed E-state index contributed by atoms with van der Waals surface area (Å²) in [5.41, 5.74) is -0.571. The highest BCUT2D eigenvalue weighted by atomic mass is 35.5. The number of anilines is 1. The minimum atomic E-state index is -1.14. The first-order chi connectivity index (χ1) is 17.6. The van der Waals surface area contributed by atoms with Crippen LogP contribution in [0.15, 0.2) is 36.4 Å². The largest absolute Gasteiger partial charge is 0.359 e. The summed E-state index contributed by atoms with van der Waals surface area (Å²) in [7, 11) is 0. The van der Waals surface area contributed by atoms with Crippen molar-refractivity contribution < 1.29 is 19.1 Å². The average Bonchev–Trinajstić information content (AvgIpc) is 3.48. The Hall–Kier alpha value is -2.38. The second-order valence-corrected chi connectivity index (χ2v) is 12.2. The van der Waals surface area contributed by atoms with E-state index in [4.69, 9.17) is 16.3 Å². The van der Waals surface area contributed by atoms with Crippen molar-refractivity contribution in [3.63, 3.8) is 0 Å². The summed E-state index contributed by atoms with van der Waals surface area (Å²) in [6.07, 6.45) is 7.11. The van der Waals surface area contributed by atoms with Crippen LogP contribution in [0.3, 0.4) is 0 Å². The first-order valence-electron chi connectivity index (χ1n) is 13.7. The number of halogens is 1. The van der Waals surface area contributed by atoms with E-state index in [0.717, 1.165) is 19.3 Å². The Bertz CT molecular complexity index is 1110. The highest BCUT2D eigenvalue weighted by Crippen LogP contribution is 2.55. The molecule has 2 N–H and O–H groups in total. The fraction of sp³-hybridized carbons (Fsp3) is 0.621. The van der Waals surface area contributed by atoms with E-state index in [1.165, 1.54) is 6.42 Å². The van der Waals surface area contributed by atoms with E-state index in [1.54, 1.807) is 29.2 Å². The lowest BCUT2D eigenvalue weighted by atomic mass is 9.73. The number of benzene rings is 1. The third-order valence-corrected chi connectivity index (χ3v) is 9.23. The summed E-state index contributed by atoms with van der Waals surface area (Å²) in [6.45, 7) is 9.08. The third kappa shape index (κ3) is 4.59. The van der Waals surface area contributed by atoms with Crippen LogP contribution in [0.5, 0.6) is 0 Å². The lowest BCUT2D eigenvalue weighted by molar-refractivity contribution is -0.141. The number of carbonyl (C=O) groups is 3. The number of hydrogen-bond donors (Lipinski definition) is 2. The molecule has 2 bridgehead atoms. The van der Waals surface area contributed by atoms with Gasteiger partial charge >= 0.3 is 0 Å². The Morgan fingerprint density at radius 2 is 2.00 bits per heavy atom. The maximum Gasteiger partial charge on any atom is 0.246 e. The van der Waals surface area contributed by atoms with E-state index in [1.807, 2.05) is 12.2 Å². The van der Waals surface area contributed by atoms with Crippen LogP contribution in [0.2, 0.25) is 5.02 Å². The van der Waals surface area contributed by atoms with Crippen LogP contribution in [0, 0.1) is 29.6 Å². The van der Waals surface area contributed by atoms with Crippen LogP contribution in [0.25, 0.3) is 0 Å². The molecule has 3 aliphatic heterocycles. The SMILES string of the molecule is CC(C)CCN1C(=O)[C@H]2[C@H](C(=O)Nc3cccc(Cl)c3)[C@H]3C=C[C@@]2(O3)[C@@H]1C(=O)N[C@@H]1CCC[C@@H](C)[C@@H]1C. The van der Waals surface area contributed by atoms with E-state index in [0.29, 0.717) is 35.0 Å². The Morgan fingerprint density at radius 1 is 1.22 bits per heavy atom. The van der Waals surface area contributed by atoms with Gasteiger partial charge in [0.15, 0.2) is 0 Å². The van der Waals surface area contributed by atoms with Gasteiger partial charge in [0.2, 0.25) is 17.7 Å². The molecule has 1 aromatic carbocycles. The molecule has 1 spiro atoms. The van der Waals surface area contributed by atoms with Crippen molar-refractivity contribution in [2.75, 3.05) is 11.9 Å². The highest BCUT2D eigenvalue weighted by molar-refractivity contribution is 6.30. The molecule has 4 aliphatic rings. The number of likely N-dealkylation sites (tertiary alicyclic amines) is 1. The van der Waals surface area contributed by atoms with E-state index in [-0.39, 0.29) is 23.8 Å². The molecule has 8 heteroatoms. The Morgan fingerprint density at radius 3 is 2.73 bits per heavy atom. The van der Waals surface area contributed by atoms with Crippen LogP contribution in [-0.4, -0.2) is 53.0 Å². The van der Waals surface area contributed by atoms with Gasteiger partial charge in [0.05, 0.1) is 17.9 Å². The number of nitrogens with zero attached hydrogens (tertiary/aromatic N) is 1. The summed E-state index contributed by atoms with van der Waals surface area (Å²) < 4.78 is 6.44. The zero-order chi connectivity index (χ0) is 26.5. The molecule has 0 aromatic heterocycles. The fourth-order valence-electron chi connectivity index (χ4n) is 6.74. The van der Waals surface area contributed by atoms with Gasteiger partial charge in [0.1, 0.15) is 11.6 Å². The Labute approximate surface area is 224 Å². The zero-order valence-corrected chi connectivity index (χ0v) is 22.8. The summed E-state index contributed by atoms with van der Waals surface area (Å²) >= 11 is 6.10. The molecule has 8 atom stereocenters. The number of carbonyl (C=O) groups excluding carboxylic acids is 3. The first kappa shape index (κ1) is 26.2. The van der Waals surface area contributed by atoms with Gasteiger partial charge in [-0.1, -0.05) is 70.4 Å². The molecule has 1 aliphatic carbocycles. The van der Waals surface area contributed by atoms with Crippen molar-refractivity contribution >= 4 is 35.0 Å². The maximum atomic E-state index is 14.0. The molecule has 2 saturated heterocycles. The average molecular weight is 528 g/mol. The van der Waals surface area contributed by atoms with Gasteiger partial charge in [-0.3, -0.25) is 14.4 Å². The van der Waals surface area contributed by atoms with E-state index in [9.17, 15) is 14.4 Å². The predicted molar refractivity (Wildman–Crippen MR) is 143 cm³/mol. The molecule has 200 valence electrons. The summed E-state index contributed by atoms with van der Waals surface area (Å²) in [5, 5.41) is 6.73. The molecule has 1 saturated carbocycles. The van der Waals surface area contributed by atoms with Crippen LogP contribution < -0.4 is 10.6 Å².